The molecule has 0 aliphatic rings. The highest BCUT2D eigenvalue weighted by Gasteiger charge is 1.97. The van der Waals surface area contributed by atoms with Crippen LogP contribution in [0.15, 0.2) is 22.1 Å². The maximum absolute atomic E-state index is 10.7. The van der Waals surface area contributed by atoms with Crippen molar-refractivity contribution in [1.29, 1.82) is 10.8 Å². The van der Waals surface area contributed by atoms with E-state index in [9.17, 15) is 4.79 Å². The SMILES string of the molecule is C/C=C\CN=CC(=N)CCN=CC(=N)C(C)=O. The first-order valence-corrected chi connectivity index (χ1v) is 5.35. The summed E-state index contributed by atoms with van der Waals surface area (Å²) < 4.78 is 0. The Hall–Kier alpha value is -1.91. The van der Waals surface area contributed by atoms with Crippen molar-refractivity contribution in [3.8, 4) is 0 Å². The fourth-order valence-corrected chi connectivity index (χ4v) is 0.825. The zero-order valence-electron chi connectivity index (χ0n) is 10.2. The summed E-state index contributed by atoms with van der Waals surface area (Å²) in [6, 6.07) is 0. The first-order valence-electron chi connectivity index (χ1n) is 5.35. The number of hydrogen-bond acceptors (Lipinski definition) is 5. The molecule has 0 saturated carbocycles. The number of nitrogens with zero attached hydrogens (tertiary/aromatic N) is 2. The molecule has 5 nitrogen and oxygen atoms in total. The quantitative estimate of drug-likeness (QED) is 0.486. The van der Waals surface area contributed by atoms with Crippen LogP contribution in [0.2, 0.25) is 0 Å². The van der Waals surface area contributed by atoms with Gasteiger partial charge in [0, 0.05) is 32.3 Å². The Morgan fingerprint density at radius 3 is 2.53 bits per heavy atom. The van der Waals surface area contributed by atoms with Crippen molar-refractivity contribution >= 4 is 29.6 Å². The summed E-state index contributed by atoms with van der Waals surface area (Å²) in [5.41, 5.74) is 0.277. The second-order valence-electron chi connectivity index (χ2n) is 3.34. The third-order valence-electron chi connectivity index (χ3n) is 1.80. The molecule has 0 fully saturated rings. The molecular weight excluding hydrogens is 216 g/mol. The summed E-state index contributed by atoms with van der Waals surface area (Å²) in [5, 5.41) is 14.7. The smallest absolute Gasteiger partial charge is 0.178 e. The predicted molar refractivity (Wildman–Crippen MR) is 72.3 cm³/mol. The first kappa shape index (κ1) is 15.1. The summed E-state index contributed by atoms with van der Waals surface area (Å²) in [4.78, 5) is 18.6. The van der Waals surface area contributed by atoms with Crippen molar-refractivity contribution in [2.24, 2.45) is 9.98 Å². The van der Waals surface area contributed by atoms with E-state index in [1.54, 1.807) is 0 Å². The lowest BCUT2D eigenvalue weighted by Crippen LogP contribution is -2.10. The molecule has 5 heteroatoms. The number of Topliss-reactive ketones (excluding diaryl/α,β-unsaturated/α-hetero) is 1. The van der Waals surface area contributed by atoms with Gasteiger partial charge in [-0.15, -0.1) is 0 Å². The molecule has 0 aromatic rings. The molecule has 0 amide bonds. The normalized spacial score (nSPS) is 11.6. The maximum Gasteiger partial charge on any atom is 0.178 e. The Morgan fingerprint density at radius 2 is 1.94 bits per heavy atom. The van der Waals surface area contributed by atoms with Crippen molar-refractivity contribution in [3.63, 3.8) is 0 Å². The van der Waals surface area contributed by atoms with Gasteiger partial charge in [0.25, 0.3) is 0 Å². The van der Waals surface area contributed by atoms with Crippen LogP contribution in [0.4, 0.5) is 0 Å². The second kappa shape index (κ2) is 9.33. The fourth-order valence-electron chi connectivity index (χ4n) is 0.825. The molecule has 0 unspecified atom stereocenters. The molecule has 0 aliphatic carbocycles. The van der Waals surface area contributed by atoms with Crippen molar-refractivity contribution < 1.29 is 4.79 Å². The monoisotopic (exact) mass is 234 g/mol. The van der Waals surface area contributed by atoms with Crippen LogP contribution in [0.3, 0.4) is 0 Å². The molecule has 0 rings (SSSR count). The lowest BCUT2D eigenvalue weighted by atomic mass is 10.3. The number of hydrogen-bond donors (Lipinski definition) is 2. The third kappa shape index (κ3) is 9.04. The summed E-state index contributed by atoms with van der Waals surface area (Å²) >= 11 is 0. The van der Waals surface area contributed by atoms with Crippen molar-refractivity contribution in [1.82, 2.24) is 0 Å². The van der Waals surface area contributed by atoms with Crippen LogP contribution in [0.25, 0.3) is 0 Å². The predicted octanol–water partition coefficient (Wildman–Crippen LogP) is 1.72. The molecule has 0 atom stereocenters. The van der Waals surface area contributed by atoms with Gasteiger partial charge in [0.05, 0.1) is 12.3 Å². The lowest BCUT2D eigenvalue weighted by molar-refractivity contribution is -0.110. The van der Waals surface area contributed by atoms with Gasteiger partial charge in [0.1, 0.15) is 5.71 Å². The Morgan fingerprint density at radius 1 is 1.24 bits per heavy atom. The van der Waals surface area contributed by atoms with Gasteiger partial charge in [-0.2, -0.15) is 0 Å². The Balaban J connectivity index is 3.82. The maximum atomic E-state index is 10.7. The Kier molecular flexibility index (Phi) is 8.28. The summed E-state index contributed by atoms with van der Waals surface area (Å²) in [5.74, 6) is -0.309. The van der Waals surface area contributed by atoms with Gasteiger partial charge in [0.15, 0.2) is 5.78 Å². The van der Waals surface area contributed by atoms with Gasteiger partial charge >= 0.3 is 0 Å². The molecule has 0 radical (unpaired) electrons. The van der Waals surface area contributed by atoms with Crippen molar-refractivity contribution in [2.45, 2.75) is 20.3 Å². The molecule has 92 valence electrons. The van der Waals surface area contributed by atoms with E-state index in [2.05, 4.69) is 9.98 Å². The summed E-state index contributed by atoms with van der Waals surface area (Å²) in [7, 11) is 0. The van der Waals surface area contributed by atoms with Crippen LogP contribution < -0.4 is 0 Å². The number of carbonyl (C=O) groups excluding carboxylic acids is 1. The van der Waals surface area contributed by atoms with E-state index in [1.807, 2.05) is 19.1 Å². The van der Waals surface area contributed by atoms with E-state index < -0.39 is 0 Å². The lowest BCUT2D eigenvalue weighted by Gasteiger charge is -1.93. The summed E-state index contributed by atoms with van der Waals surface area (Å²) in [6.45, 7) is 4.21. The van der Waals surface area contributed by atoms with Crippen LogP contribution in [-0.2, 0) is 4.79 Å². The third-order valence-corrected chi connectivity index (χ3v) is 1.80. The van der Waals surface area contributed by atoms with Crippen molar-refractivity contribution in [2.75, 3.05) is 13.1 Å². The summed E-state index contributed by atoms with van der Waals surface area (Å²) in [6.07, 6.45) is 6.99. The Bertz CT molecular complexity index is 367. The van der Waals surface area contributed by atoms with Gasteiger partial charge in [-0.25, -0.2) is 0 Å². The van der Waals surface area contributed by atoms with Crippen LogP contribution in [-0.4, -0.2) is 42.7 Å². The molecule has 0 bridgehead atoms. The largest absolute Gasteiger partial charge is 0.304 e. The van der Waals surface area contributed by atoms with Gasteiger partial charge in [0.2, 0.25) is 0 Å². The van der Waals surface area contributed by atoms with Crippen LogP contribution in [0.5, 0.6) is 0 Å². The minimum atomic E-state index is -0.309. The van der Waals surface area contributed by atoms with Crippen LogP contribution in [0.1, 0.15) is 20.3 Å². The minimum Gasteiger partial charge on any atom is -0.304 e. The standard InChI is InChI=1S/C12H18N4O/c1-3-4-6-15-8-11(13)5-7-16-9-12(14)10(2)17/h3-4,8-9,13-14H,5-7H2,1-2H3/b4-3-,13-11?,14-12?,15-8?,16-9?. The van der Waals surface area contributed by atoms with Gasteiger partial charge in [-0.1, -0.05) is 12.2 Å². The van der Waals surface area contributed by atoms with E-state index in [4.69, 9.17) is 10.8 Å². The number of nitrogens with one attached hydrogen (secondary N) is 2. The van der Waals surface area contributed by atoms with Gasteiger partial charge in [-0.3, -0.25) is 20.2 Å². The van der Waals surface area contributed by atoms with E-state index in [-0.39, 0.29) is 11.5 Å². The highest BCUT2D eigenvalue weighted by Crippen LogP contribution is 1.84. The number of allylic oxidation sites excluding steroid dienone is 1. The number of aliphatic imine (C=N–C) groups is 2. The highest BCUT2D eigenvalue weighted by molar-refractivity contribution is 6.59. The first-order chi connectivity index (χ1) is 8.07. The van der Waals surface area contributed by atoms with E-state index in [0.717, 1.165) is 0 Å². The Labute approximate surface area is 101 Å². The molecule has 0 aliphatic heterocycles. The molecule has 17 heavy (non-hydrogen) atoms. The average molecular weight is 234 g/mol. The molecule has 0 saturated heterocycles. The van der Waals surface area contributed by atoms with E-state index in [1.165, 1.54) is 19.4 Å². The molecule has 2 N–H and O–H groups in total. The highest BCUT2D eigenvalue weighted by atomic mass is 16.1. The van der Waals surface area contributed by atoms with Crippen LogP contribution in [0, 0.1) is 10.8 Å². The molecular formula is C12H18N4O. The van der Waals surface area contributed by atoms with E-state index >= 15 is 0 Å². The van der Waals surface area contributed by atoms with Crippen molar-refractivity contribution in [3.05, 3.63) is 12.2 Å². The molecule has 0 aromatic carbocycles. The van der Waals surface area contributed by atoms with Crippen LogP contribution >= 0.6 is 0 Å². The minimum absolute atomic E-state index is 0.113. The number of carbonyl (C=O) groups is 1. The van der Waals surface area contributed by atoms with E-state index in [0.29, 0.717) is 25.2 Å². The second-order valence-corrected chi connectivity index (χ2v) is 3.34. The molecule has 0 aromatic heterocycles. The number of rotatable bonds is 8. The zero-order chi connectivity index (χ0) is 13.1. The number of ketones is 1. The van der Waals surface area contributed by atoms with Gasteiger partial charge < -0.3 is 5.41 Å². The fraction of sp³-hybridized carbons (Fsp3) is 0.417. The molecule has 0 heterocycles. The average Bonchev–Trinajstić information content (AvgIpc) is 2.29. The van der Waals surface area contributed by atoms with Gasteiger partial charge in [-0.05, 0) is 6.92 Å². The zero-order valence-corrected chi connectivity index (χ0v) is 10.2. The topological polar surface area (TPSA) is 89.5 Å². The molecule has 0 spiro atoms.